The van der Waals surface area contributed by atoms with Crippen LogP contribution in [0, 0.1) is 5.92 Å². The minimum atomic E-state index is -0.509. The average molecular weight is 392 g/mol. The zero-order chi connectivity index (χ0) is 20.2. The molecule has 1 fully saturated rings. The van der Waals surface area contributed by atoms with Crippen molar-refractivity contribution in [3.05, 3.63) is 66.4 Å². The van der Waals surface area contributed by atoms with Crippen LogP contribution in [0.1, 0.15) is 12.1 Å². The molecule has 2 heterocycles. The van der Waals surface area contributed by atoms with Gasteiger partial charge in [-0.3, -0.25) is 9.59 Å². The van der Waals surface area contributed by atoms with Gasteiger partial charge < -0.3 is 18.9 Å². The highest BCUT2D eigenvalue weighted by Crippen LogP contribution is 2.28. The molecule has 1 atom stereocenters. The van der Waals surface area contributed by atoms with Crippen molar-refractivity contribution in [2.75, 3.05) is 18.6 Å². The lowest BCUT2D eigenvalue weighted by Gasteiger charge is -2.16. The number of aromatic nitrogens is 1. The Labute approximate surface area is 167 Å². The molecule has 1 aliphatic rings. The number of amides is 1. The molecule has 2 aromatic carbocycles. The van der Waals surface area contributed by atoms with Crippen molar-refractivity contribution in [3.63, 3.8) is 0 Å². The average Bonchev–Trinajstić information content (AvgIpc) is 3.40. The fourth-order valence-electron chi connectivity index (χ4n) is 3.26. The third-order valence-electron chi connectivity index (χ3n) is 4.82. The first-order chi connectivity index (χ1) is 14.1. The van der Waals surface area contributed by atoms with Crippen molar-refractivity contribution < 1.29 is 23.6 Å². The predicted molar refractivity (Wildman–Crippen MR) is 105 cm³/mol. The van der Waals surface area contributed by atoms with Gasteiger partial charge in [-0.25, -0.2) is 0 Å². The van der Waals surface area contributed by atoms with Crippen LogP contribution in [0.25, 0.3) is 11.3 Å². The second-order valence-corrected chi connectivity index (χ2v) is 6.76. The first kappa shape index (κ1) is 18.7. The summed E-state index contributed by atoms with van der Waals surface area (Å²) in [6.45, 7) is 0.292. The molecule has 3 aromatic rings. The number of carbonyl (C=O) groups is 2. The topological polar surface area (TPSA) is 81.9 Å². The third-order valence-corrected chi connectivity index (χ3v) is 4.82. The van der Waals surface area contributed by atoms with Crippen molar-refractivity contribution in [1.82, 2.24) is 5.16 Å². The van der Waals surface area contributed by atoms with E-state index >= 15 is 0 Å². The smallest absolute Gasteiger partial charge is 0.311 e. The van der Waals surface area contributed by atoms with Crippen LogP contribution in [0.15, 0.2) is 65.2 Å². The number of methoxy groups -OCH3 is 1. The van der Waals surface area contributed by atoms with Gasteiger partial charge in [0.25, 0.3) is 0 Å². The molecule has 0 aliphatic carbocycles. The summed E-state index contributed by atoms with van der Waals surface area (Å²) >= 11 is 0. The van der Waals surface area contributed by atoms with E-state index in [4.69, 9.17) is 14.0 Å². The van der Waals surface area contributed by atoms with Gasteiger partial charge in [0.05, 0.1) is 13.0 Å². The summed E-state index contributed by atoms with van der Waals surface area (Å²) in [7, 11) is 1.58. The lowest BCUT2D eigenvalue weighted by atomic mass is 10.1. The highest BCUT2D eigenvalue weighted by atomic mass is 16.5. The molecule has 1 unspecified atom stereocenters. The number of nitrogens with zero attached hydrogens (tertiary/aromatic N) is 2. The summed E-state index contributed by atoms with van der Waals surface area (Å²) in [5, 5.41) is 3.94. The van der Waals surface area contributed by atoms with E-state index < -0.39 is 11.9 Å². The minimum absolute atomic E-state index is 0.00237. The fourth-order valence-corrected chi connectivity index (χ4v) is 3.26. The Morgan fingerprint density at radius 3 is 2.66 bits per heavy atom. The van der Waals surface area contributed by atoms with Gasteiger partial charge in [0.2, 0.25) is 5.91 Å². The monoisotopic (exact) mass is 392 g/mol. The van der Waals surface area contributed by atoms with Crippen LogP contribution in [-0.2, 0) is 20.9 Å². The van der Waals surface area contributed by atoms with Crippen molar-refractivity contribution >= 4 is 17.6 Å². The van der Waals surface area contributed by atoms with Gasteiger partial charge in [0, 0.05) is 30.3 Å². The van der Waals surface area contributed by atoms with Gasteiger partial charge in [0.1, 0.15) is 18.1 Å². The number of rotatable bonds is 6. The fraction of sp³-hybridized carbons (Fsp3) is 0.227. The molecule has 1 aliphatic heterocycles. The quantitative estimate of drug-likeness (QED) is 0.598. The van der Waals surface area contributed by atoms with E-state index in [1.807, 2.05) is 30.3 Å². The number of esters is 1. The van der Waals surface area contributed by atoms with Crippen LogP contribution < -0.4 is 9.64 Å². The third kappa shape index (κ3) is 4.13. The molecule has 7 heteroatoms. The number of anilines is 1. The van der Waals surface area contributed by atoms with Crippen LogP contribution >= 0.6 is 0 Å². The largest absolute Gasteiger partial charge is 0.497 e. The molecular weight excluding hydrogens is 372 g/mol. The van der Waals surface area contributed by atoms with Crippen LogP contribution in [0.3, 0.4) is 0 Å². The zero-order valence-electron chi connectivity index (χ0n) is 15.9. The van der Waals surface area contributed by atoms with E-state index in [2.05, 4.69) is 5.16 Å². The summed E-state index contributed by atoms with van der Waals surface area (Å²) in [6.07, 6.45) is 0.124. The van der Waals surface area contributed by atoms with E-state index in [9.17, 15) is 9.59 Å². The minimum Gasteiger partial charge on any atom is -0.497 e. The van der Waals surface area contributed by atoms with E-state index in [-0.39, 0.29) is 25.5 Å². The molecule has 0 saturated carbocycles. The Kier molecular flexibility index (Phi) is 5.29. The molecule has 148 valence electrons. The molecule has 1 aromatic heterocycles. The van der Waals surface area contributed by atoms with Crippen LogP contribution in [0.2, 0.25) is 0 Å². The second kappa shape index (κ2) is 8.18. The molecule has 0 N–H and O–H groups in total. The van der Waals surface area contributed by atoms with Crippen LogP contribution in [0.4, 0.5) is 5.69 Å². The Bertz CT molecular complexity index is 998. The first-order valence-electron chi connectivity index (χ1n) is 9.26. The maximum Gasteiger partial charge on any atom is 0.311 e. The van der Waals surface area contributed by atoms with E-state index in [1.165, 1.54) is 0 Å². The predicted octanol–water partition coefficient (Wildman–Crippen LogP) is 3.45. The highest BCUT2D eigenvalue weighted by molar-refractivity contribution is 5.99. The summed E-state index contributed by atoms with van der Waals surface area (Å²) in [5.41, 5.74) is 2.15. The second-order valence-electron chi connectivity index (χ2n) is 6.76. The molecule has 29 heavy (non-hydrogen) atoms. The normalized spacial score (nSPS) is 16.1. The number of hydrogen-bond acceptors (Lipinski definition) is 6. The number of hydrogen-bond donors (Lipinski definition) is 0. The number of benzene rings is 2. The molecule has 1 amide bonds. The SMILES string of the molecule is COc1ccc(N2CC(C(=O)OCc3cc(-c4ccccc4)on3)CC2=O)cc1. The number of carbonyl (C=O) groups excluding carboxylic acids is 2. The van der Waals surface area contributed by atoms with Crippen molar-refractivity contribution in [2.45, 2.75) is 13.0 Å². The van der Waals surface area contributed by atoms with Gasteiger partial charge in [-0.2, -0.15) is 0 Å². The molecule has 4 rings (SSSR count). The summed E-state index contributed by atoms with van der Waals surface area (Å²) in [4.78, 5) is 26.4. The number of ether oxygens (including phenoxy) is 2. The highest BCUT2D eigenvalue weighted by Gasteiger charge is 2.36. The maximum absolute atomic E-state index is 12.4. The maximum atomic E-state index is 12.4. The Morgan fingerprint density at radius 2 is 1.93 bits per heavy atom. The van der Waals surface area contributed by atoms with E-state index in [1.54, 1.807) is 42.3 Å². The van der Waals surface area contributed by atoms with Crippen molar-refractivity contribution in [2.24, 2.45) is 5.92 Å². The summed E-state index contributed by atoms with van der Waals surface area (Å²) in [6, 6.07) is 18.4. The lowest BCUT2D eigenvalue weighted by molar-refractivity contribution is -0.149. The van der Waals surface area contributed by atoms with Crippen molar-refractivity contribution in [3.8, 4) is 17.1 Å². The van der Waals surface area contributed by atoms with E-state index in [0.29, 0.717) is 17.2 Å². The standard InChI is InChI=1S/C22H20N2O5/c1-27-19-9-7-18(8-10-19)24-13-16(11-21(24)25)22(26)28-14-17-12-20(29-23-17)15-5-3-2-4-6-15/h2-10,12,16H,11,13-14H2,1H3. The van der Waals surface area contributed by atoms with Gasteiger partial charge in [-0.05, 0) is 24.3 Å². The van der Waals surface area contributed by atoms with Gasteiger partial charge in [-0.15, -0.1) is 0 Å². The summed E-state index contributed by atoms with van der Waals surface area (Å²) < 4.78 is 15.8. The van der Waals surface area contributed by atoms with Gasteiger partial charge in [0.15, 0.2) is 5.76 Å². The summed E-state index contributed by atoms with van der Waals surface area (Å²) in [5.74, 6) is 0.283. The van der Waals surface area contributed by atoms with Crippen LogP contribution in [0.5, 0.6) is 5.75 Å². The molecular formula is C22H20N2O5. The zero-order valence-corrected chi connectivity index (χ0v) is 15.9. The van der Waals surface area contributed by atoms with E-state index in [0.717, 1.165) is 11.3 Å². The van der Waals surface area contributed by atoms with Gasteiger partial charge in [-0.1, -0.05) is 35.5 Å². The Hall–Kier alpha value is -3.61. The van der Waals surface area contributed by atoms with Crippen molar-refractivity contribution in [1.29, 1.82) is 0 Å². The molecule has 0 spiro atoms. The van der Waals surface area contributed by atoms with Gasteiger partial charge >= 0.3 is 5.97 Å². The molecule has 1 saturated heterocycles. The molecule has 7 nitrogen and oxygen atoms in total. The Balaban J connectivity index is 1.34. The molecule has 0 bridgehead atoms. The first-order valence-corrected chi connectivity index (χ1v) is 9.26. The lowest BCUT2D eigenvalue weighted by Crippen LogP contribution is -2.26. The molecule has 0 radical (unpaired) electrons. The van der Waals surface area contributed by atoms with Crippen LogP contribution in [-0.4, -0.2) is 30.7 Å². The Morgan fingerprint density at radius 1 is 1.17 bits per heavy atom.